The molecule has 0 bridgehead atoms. The summed E-state index contributed by atoms with van der Waals surface area (Å²) < 4.78 is 5.30. The van der Waals surface area contributed by atoms with E-state index >= 15 is 0 Å². The predicted molar refractivity (Wildman–Crippen MR) is 128 cm³/mol. The van der Waals surface area contributed by atoms with E-state index in [2.05, 4.69) is 52.0 Å². The van der Waals surface area contributed by atoms with Crippen molar-refractivity contribution in [1.29, 1.82) is 0 Å². The first kappa shape index (κ1) is 22.4. The molecule has 4 rings (SSSR count). The van der Waals surface area contributed by atoms with Crippen LogP contribution in [0.1, 0.15) is 41.4 Å². The van der Waals surface area contributed by atoms with Crippen LogP contribution in [0.5, 0.6) is 5.75 Å². The molecule has 170 valence electrons. The number of H-pyrrole nitrogens is 1. The van der Waals surface area contributed by atoms with E-state index in [-0.39, 0.29) is 5.69 Å². The maximum atomic E-state index is 11.9. The van der Waals surface area contributed by atoms with Crippen LogP contribution in [0.2, 0.25) is 0 Å². The fourth-order valence-electron chi connectivity index (χ4n) is 4.85. The van der Waals surface area contributed by atoms with Gasteiger partial charge in [-0.2, -0.15) is 0 Å². The van der Waals surface area contributed by atoms with Crippen molar-refractivity contribution in [2.45, 2.75) is 38.8 Å². The predicted octanol–water partition coefficient (Wildman–Crippen LogP) is 4.40. The molecule has 1 fully saturated rings. The number of hydrogen-bond donors (Lipinski definition) is 2. The SMILES string of the molecule is CCN(Cc1c(C(=O)O)[nH]c2cc(OC)ccc12)C1CCN(CCc2ccccc2)CC1. The number of carbonyl (C=O) groups is 1. The molecule has 0 aliphatic carbocycles. The Balaban J connectivity index is 1.42. The summed E-state index contributed by atoms with van der Waals surface area (Å²) >= 11 is 0. The summed E-state index contributed by atoms with van der Waals surface area (Å²) in [5, 5.41) is 10.7. The first-order chi connectivity index (χ1) is 15.6. The molecule has 0 saturated carbocycles. The number of nitrogens with zero attached hydrogens (tertiary/aromatic N) is 2. The number of hydrogen-bond acceptors (Lipinski definition) is 4. The Morgan fingerprint density at radius 2 is 1.94 bits per heavy atom. The second-order valence-corrected chi connectivity index (χ2v) is 8.57. The molecule has 32 heavy (non-hydrogen) atoms. The lowest BCUT2D eigenvalue weighted by Gasteiger charge is -2.38. The molecular weight excluding hydrogens is 402 g/mol. The fourth-order valence-corrected chi connectivity index (χ4v) is 4.85. The highest BCUT2D eigenvalue weighted by atomic mass is 16.5. The molecular formula is C26H33N3O3. The van der Waals surface area contributed by atoms with Gasteiger partial charge in [-0.3, -0.25) is 4.90 Å². The zero-order valence-corrected chi connectivity index (χ0v) is 19.0. The van der Waals surface area contributed by atoms with Gasteiger partial charge in [-0.1, -0.05) is 37.3 Å². The largest absolute Gasteiger partial charge is 0.497 e. The van der Waals surface area contributed by atoms with Gasteiger partial charge in [0, 0.05) is 36.1 Å². The average Bonchev–Trinajstić information content (AvgIpc) is 3.20. The van der Waals surface area contributed by atoms with Gasteiger partial charge in [0.2, 0.25) is 0 Å². The van der Waals surface area contributed by atoms with Crippen LogP contribution >= 0.6 is 0 Å². The van der Waals surface area contributed by atoms with Gasteiger partial charge in [0.05, 0.1) is 12.6 Å². The van der Waals surface area contributed by atoms with Crippen molar-refractivity contribution in [2.24, 2.45) is 0 Å². The molecule has 0 amide bonds. The number of piperidine rings is 1. The van der Waals surface area contributed by atoms with E-state index in [1.165, 1.54) is 5.56 Å². The molecule has 0 spiro atoms. The van der Waals surface area contributed by atoms with E-state index in [0.717, 1.165) is 67.7 Å². The number of rotatable bonds is 9. The molecule has 0 unspecified atom stereocenters. The van der Waals surface area contributed by atoms with Crippen molar-refractivity contribution in [3.8, 4) is 5.75 Å². The standard InChI is InChI=1S/C26H33N3O3/c1-3-29(20-12-15-28(16-13-20)14-11-19-7-5-4-6-8-19)18-23-22-10-9-21(32-2)17-24(22)27-25(23)26(30)31/h4-10,17,20,27H,3,11-16,18H2,1-2H3,(H,30,31). The highest BCUT2D eigenvalue weighted by Gasteiger charge is 2.26. The van der Waals surface area contributed by atoms with E-state index < -0.39 is 5.97 Å². The van der Waals surface area contributed by atoms with Crippen LogP contribution < -0.4 is 4.74 Å². The summed E-state index contributed by atoms with van der Waals surface area (Å²) in [4.78, 5) is 20.0. The van der Waals surface area contributed by atoms with Crippen molar-refractivity contribution in [1.82, 2.24) is 14.8 Å². The maximum absolute atomic E-state index is 11.9. The zero-order chi connectivity index (χ0) is 22.5. The molecule has 2 aromatic carbocycles. The quantitative estimate of drug-likeness (QED) is 0.521. The molecule has 1 aromatic heterocycles. The van der Waals surface area contributed by atoms with Crippen molar-refractivity contribution >= 4 is 16.9 Å². The highest BCUT2D eigenvalue weighted by molar-refractivity contribution is 5.97. The van der Waals surface area contributed by atoms with Gasteiger partial charge in [0.25, 0.3) is 0 Å². The van der Waals surface area contributed by atoms with E-state index in [0.29, 0.717) is 12.6 Å². The lowest BCUT2D eigenvalue weighted by molar-refractivity contribution is 0.0685. The topological polar surface area (TPSA) is 68.8 Å². The van der Waals surface area contributed by atoms with Crippen LogP contribution in [0.25, 0.3) is 10.9 Å². The minimum atomic E-state index is -0.915. The van der Waals surface area contributed by atoms with Gasteiger partial charge in [-0.05, 0) is 56.6 Å². The number of fused-ring (bicyclic) bond motifs is 1. The Kier molecular flexibility index (Phi) is 7.12. The van der Waals surface area contributed by atoms with Crippen LogP contribution in [0.3, 0.4) is 0 Å². The van der Waals surface area contributed by atoms with Gasteiger partial charge >= 0.3 is 5.97 Å². The molecule has 1 aliphatic heterocycles. The molecule has 1 saturated heterocycles. The Bertz CT molecular complexity index is 1040. The van der Waals surface area contributed by atoms with Crippen molar-refractivity contribution in [2.75, 3.05) is 33.3 Å². The minimum absolute atomic E-state index is 0.284. The first-order valence-corrected chi connectivity index (χ1v) is 11.5. The van der Waals surface area contributed by atoms with Crippen LogP contribution in [0.15, 0.2) is 48.5 Å². The third-order valence-corrected chi connectivity index (χ3v) is 6.73. The van der Waals surface area contributed by atoms with Gasteiger partial charge in [-0.15, -0.1) is 0 Å². The third kappa shape index (κ3) is 4.97. The Morgan fingerprint density at radius 1 is 1.19 bits per heavy atom. The molecule has 6 heteroatoms. The van der Waals surface area contributed by atoms with Gasteiger partial charge < -0.3 is 19.7 Å². The Labute approximate surface area is 189 Å². The van der Waals surface area contributed by atoms with E-state index in [9.17, 15) is 9.90 Å². The number of aromatic nitrogens is 1. The summed E-state index contributed by atoms with van der Waals surface area (Å²) in [6.45, 7) is 6.97. The fraction of sp³-hybridized carbons (Fsp3) is 0.423. The molecule has 0 radical (unpaired) electrons. The Hall–Kier alpha value is -2.83. The molecule has 1 aliphatic rings. The van der Waals surface area contributed by atoms with E-state index in [1.807, 2.05) is 18.2 Å². The van der Waals surface area contributed by atoms with Gasteiger partial charge in [-0.25, -0.2) is 4.79 Å². The number of carboxylic acid groups (broad SMARTS) is 1. The normalized spacial score (nSPS) is 15.5. The van der Waals surface area contributed by atoms with E-state index in [4.69, 9.17) is 4.74 Å². The van der Waals surface area contributed by atoms with Crippen molar-refractivity contribution in [3.63, 3.8) is 0 Å². The number of likely N-dealkylation sites (tertiary alicyclic amines) is 1. The number of methoxy groups -OCH3 is 1. The second-order valence-electron chi connectivity index (χ2n) is 8.57. The zero-order valence-electron chi connectivity index (χ0n) is 19.0. The number of aromatic carboxylic acids is 1. The molecule has 6 nitrogen and oxygen atoms in total. The lowest BCUT2D eigenvalue weighted by atomic mass is 10.0. The van der Waals surface area contributed by atoms with Crippen LogP contribution in [-0.2, 0) is 13.0 Å². The van der Waals surface area contributed by atoms with Crippen molar-refractivity contribution in [3.05, 3.63) is 65.4 Å². The third-order valence-electron chi connectivity index (χ3n) is 6.73. The maximum Gasteiger partial charge on any atom is 0.352 e. The number of aromatic amines is 1. The minimum Gasteiger partial charge on any atom is -0.497 e. The molecule has 3 aromatic rings. The second kappa shape index (κ2) is 10.2. The van der Waals surface area contributed by atoms with Crippen LogP contribution in [0.4, 0.5) is 0 Å². The summed E-state index contributed by atoms with van der Waals surface area (Å²) in [5.41, 5.74) is 3.35. The highest BCUT2D eigenvalue weighted by Crippen LogP contribution is 2.29. The van der Waals surface area contributed by atoms with Gasteiger partial charge in [0.1, 0.15) is 11.4 Å². The summed E-state index contributed by atoms with van der Waals surface area (Å²) in [7, 11) is 1.62. The smallest absolute Gasteiger partial charge is 0.352 e. The lowest BCUT2D eigenvalue weighted by Crippen LogP contribution is -2.45. The number of benzene rings is 2. The average molecular weight is 436 g/mol. The molecule has 2 heterocycles. The number of ether oxygens (including phenoxy) is 1. The summed E-state index contributed by atoms with van der Waals surface area (Å²) in [6, 6.07) is 16.9. The molecule has 2 N–H and O–H groups in total. The van der Waals surface area contributed by atoms with Crippen molar-refractivity contribution < 1.29 is 14.6 Å². The van der Waals surface area contributed by atoms with Gasteiger partial charge in [0.15, 0.2) is 0 Å². The summed E-state index contributed by atoms with van der Waals surface area (Å²) in [5.74, 6) is -0.195. The first-order valence-electron chi connectivity index (χ1n) is 11.5. The van der Waals surface area contributed by atoms with Crippen LogP contribution in [0, 0.1) is 0 Å². The van der Waals surface area contributed by atoms with E-state index in [1.54, 1.807) is 7.11 Å². The monoisotopic (exact) mass is 435 g/mol. The van der Waals surface area contributed by atoms with Crippen LogP contribution in [-0.4, -0.2) is 65.2 Å². The number of carboxylic acids is 1. The summed E-state index contributed by atoms with van der Waals surface area (Å²) in [6.07, 6.45) is 3.31. The Morgan fingerprint density at radius 3 is 2.59 bits per heavy atom. The molecule has 0 atom stereocenters. The number of nitrogens with one attached hydrogen (secondary N) is 1.